The fourth-order valence-corrected chi connectivity index (χ4v) is 5.94. The molecule has 8 nitrogen and oxygen atoms in total. The predicted molar refractivity (Wildman–Crippen MR) is 158 cm³/mol. The molecule has 0 bridgehead atoms. The van der Waals surface area contributed by atoms with E-state index in [4.69, 9.17) is 4.98 Å². The first-order chi connectivity index (χ1) is 18.7. The van der Waals surface area contributed by atoms with E-state index in [2.05, 4.69) is 94.2 Å². The second kappa shape index (κ2) is 11.4. The summed E-state index contributed by atoms with van der Waals surface area (Å²) < 4.78 is 0.968. The molecule has 2 aliphatic heterocycles. The fraction of sp³-hybridized carbons (Fsp3) is 0.414. The number of imidazole rings is 1. The molecule has 2 aliphatic rings. The van der Waals surface area contributed by atoms with E-state index >= 15 is 0 Å². The number of piperazine rings is 1. The monoisotopic (exact) mass is 574 g/mol. The van der Waals surface area contributed by atoms with Crippen LogP contribution in [-0.2, 0) is 6.54 Å². The second-order valence-electron chi connectivity index (χ2n) is 10.2. The molecule has 0 atom stereocenters. The van der Waals surface area contributed by atoms with Crippen LogP contribution in [0.4, 0.5) is 11.4 Å². The number of rotatable bonds is 7. The Bertz CT molecular complexity index is 1340. The number of hydrogen-bond donors (Lipinski definition) is 2. The number of anilines is 2. The maximum absolute atomic E-state index is 4.83. The van der Waals surface area contributed by atoms with Crippen molar-refractivity contribution < 1.29 is 0 Å². The van der Waals surface area contributed by atoms with E-state index in [9.17, 15) is 0 Å². The minimum atomic E-state index is 0.454. The topological polar surface area (TPSA) is 76.2 Å². The van der Waals surface area contributed by atoms with Gasteiger partial charge < -0.3 is 20.1 Å². The van der Waals surface area contributed by atoms with Gasteiger partial charge in [-0.3, -0.25) is 9.88 Å². The lowest BCUT2D eigenvalue weighted by Crippen LogP contribution is -2.46. The maximum atomic E-state index is 4.83. The number of fused-ring (bicyclic) bond motifs is 1. The third-order valence-corrected chi connectivity index (χ3v) is 8.45. The number of halogens is 1. The number of benzene rings is 1. The number of H-pyrrole nitrogens is 1. The number of hydrogen-bond acceptors (Lipinski definition) is 7. The minimum absolute atomic E-state index is 0.454. The second-order valence-corrected chi connectivity index (χ2v) is 11.1. The van der Waals surface area contributed by atoms with Crippen LogP contribution in [0.15, 0.2) is 59.3 Å². The smallest absolute Gasteiger partial charge is 0.180 e. The van der Waals surface area contributed by atoms with Gasteiger partial charge in [-0.2, -0.15) is 0 Å². The molecule has 0 unspecified atom stereocenters. The number of aromatic amines is 1. The van der Waals surface area contributed by atoms with Gasteiger partial charge in [0.15, 0.2) is 5.65 Å². The van der Waals surface area contributed by atoms with Gasteiger partial charge in [-0.25, -0.2) is 9.97 Å². The van der Waals surface area contributed by atoms with E-state index in [0.29, 0.717) is 6.04 Å². The first-order valence-electron chi connectivity index (χ1n) is 13.7. The van der Waals surface area contributed by atoms with Gasteiger partial charge in [0.25, 0.3) is 0 Å². The van der Waals surface area contributed by atoms with Gasteiger partial charge in [-0.15, -0.1) is 0 Å². The summed E-state index contributed by atoms with van der Waals surface area (Å²) in [6.07, 6.45) is 6.01. The van der Waals surface area contributed by atoms with Gasteiger partial charge in [0.05, 0.1) is 15.9 Å². The van der Waals surface area contributed by atoms with Crippen LogP contribution in [0.5, 0.6) is 0 Å². The number of nitrogens with one attached hydrogen (secondary N) is 2. The van der Waals surface area contributed by atoms with E-state index in [1.807, 2.05) is 18.5 Å². The number of aromatic nitrogens is 4. The Hall–Kier alpha value is -3.01. The maximum Gasteiger partial charge on any atom is 0.180 e. The molecule has 2 saturated heterocycles. The molecular weight excluding hydrogens is 540 g/mol. The molecule has 198 valence electrons. The van der Waals surface area contributed by atoms with Crippen molar-refractivity contribution in [3.63, 3.8) is 0 Å². The highest BCUT2D eigenvalue weighted by Crippen LogP contribution is 2.33. The number of likely N-dealkylation sites (tertiary alicyclic amines) is 1. The summed E-state index contributed by atoms with van der Waals surface area (Å²) in [4.78, 5) is 24.9. The van der Waals surface area contributed by atoms with E-state index in [-0.39, 0.29) is 0 Å². The molecular formula is C29H35BrN8. The molecule has 38 heavy (non-hydrogen) atoms. The first-order valence-corrected chi connectivity index (χ1v) is 14.5. The Morgan fingerprint density at radius 1 is 0.947 bits per heavy atom. The van der Waals surface area contributed by atoms with Crippen molar-refractivity contribution in [2.24, 2.45) is 0 Å². The molecule has 6 rings (SSSR count). The summed E-state index contributed by atoms with van der Waals surface area (Å²) in [6.45, 7) is 10.7. The van der Waals surface area contributed by atoms with E-state index in [0.717, 1.165) is 104 Å². The molecule has 4 aromatic rings. The van der Waals surface area contributed by atoms with Gasteiger partial charge in [0, 0.05) is 75.5 Å². The van der Waals surface area contributed by atoms with Crippen molar-refractivity contribution in [3.05, 3.63) is 65.0 Å². The highest BCUT2D eigenvalue weighted by atomic mass is 79.9. The Balaban J connectivity index is 1.12. The molecule has 0 saturated carbocycles. The summed E-state index contributed by atoms with van der Waals surface area (Å²) >= 11 is 3.72. The Labute approximate surface area is 232 Å². The van der Waals surface area contributed by atoms with Crippen molar-refractivity contribution >= 4 is 38.5 Å². The summed E-state index contributed by atoms with van der Waals surface area (Å²) in [5.74, 6) is 0.848. The zero-order valence-electron chi connectivity index (χ0n) is 21.9. The van der Waals surface area contributed by atoms with Crippen LogP contribution < -0.4 is 10.2 Å². The van der Waals surface area contributed by atoms with E-state index in [1.54, 1.807) is 0 Å². The van der Waals surface area contributed by atoms with Crippen LogP contribution in [0.3, 0.4) is 0 Å². The molecule has 0 amide bonds. The van der Waals surface area contributed by atoms with Gasteiger partial charge in [0.1, 0.15) is 11.3 Å². The SMILES string of the molecule is CCN1CCC(Nc2c(Br)cnc3nc(-c4ccc(N5CCN(Cc6ccccn6)CC5)cc4)[nH]c23)CC1. The van der Waals surface area contributed by atoms with E-state index < -0.39 is 0 Å². The number of nitrogens with zero attached hydrogens (tertiary/aromatic N) is 6. The highest BCUT2D eigenvalue weighted by Gasteiger charge is 2.22. The summed E-state index contributed by atoms with van der Waals surface area (Å²) in [5, 5.41) is 3.77. The molecule has 0 radical (unpaired) electrons. The third kappa shape index (κ3) is 5.55. The van der Waals surface area contributed by atoms with Crippen LogP contribution in [0, 0.1) is 0 Å². The normalized spacial score (nSPS) is 17.8. The molecule has 5 heterocycles. The van der Waals surface area contributed by atoms with Crippen LogP contribution >= 0.6 is 15.9 Å². The van der Waals surface area contributed by atoms with Crippen molar-refractivity contribution in [3.8, 4) is 11.4 Å². The largest absolute Gasteiger partial charge is 0.379 e. The minimum Gasteiger partial charge on any atom is -0.379 e. The lowest BCUT2D eigenvalue weighted by molar-refractivity contribution is 0.229. The van der Waals surface area contributed by atoms with Crippen molar-refractivity contribution in [2.75, 3.05) is 56.0 Å². The van der Waals surface area contributed by atoms with Crippen molar-refractivity contribution in [1.29, 1.82) is 0 Å². The Kier molecular flexibility index (Phi) is 7.58. The molecule has 0 aliphatic carbocycles. The van der Waals surface area contributed by atoms with Crippen LogP contribution in [0.25, 0.3) is 22.6 Å². The summed E-state index contributed by atoms with van der Waals surface area (Å²) in [7, 11) is 0. The number of pyridine rings is 2. The lowest BCUT2D eigenvalue weighted by Gasteiger charge is -2.36. The zero-order valence-corrected chi connectivity index (χ0v) is 23.5. The summed E-state index contributed by atoms with van der Waals surface area (Å²) in [5.41, 5.74) is 6.22. The zero-order chi connectivity index (χ0) is 25.9. The molecule has 3 aromatic heterocycles. The molecule has 9 heteroatoms. The van der Waals surface area contributed by atoms with Crippen LogP contribution in [0.1, 0.15) is 25.5 Å². The van der Waals surface area contributed by atoms with Gasteiger partial charge in [0.2, 0.25) is 0 Å². The Morgan fingerprint density at radius 3 is 2.45 bits per heavy atom. The van der Waals surface area contributed by atoms with Gasteiger partial charge in [-0.05, 0) is 71.7 Å². The standard InChI is InChI=1S/C29H35BrN8/c1-2-36-13-10-22(11-14-36)33-26-25(30)19-32-29-27(26)34-28(35-29)21-6-8-24(9-7-21)38-17-15-37(16-18-38)20-23-5-3-4-12-31-23/h3-9,12,19,22H,2,10-11,13-18,20H2,1H3,(H2,32,33,34,35). The lowest BCUT2D eigenvalue weighted by atomic mass is 10.0. The molecule has 0 spiro atoms. The molecule has 2 fully saturated rings. The van der Waals surface area contributed by atoms with Crippen LogP contribution in [-0.4, -0.2) is 81.6 Å². The summed E-state index contributed by atoms with van der Waals surface area (Å²) in [6, 6.07) is 15.3. The highest BCUT2D eigenvalue weighted by molar-refractivity contribution is 9.10. The van der Waals surface area contributed by atoms with Crippen molar-refractivity contribution in [1.82, 2.24) is 29.7 Å². The molecule has 1 aromatic carbocycles. The third-order valence-electron chi connectivity index (χ3n) is 7.85. The number of piperidine rings is 1. The molecule has 2 N–H and O–H groups in total. The fourth-order valence-electron chi connectivity index (χ4n) is 5.52. The quantitative estimate of drug-likeness (QED) is 0.321. The first kappa shape index (κ1) is 25.3. The predicted octanol–water partition coefficient (Wildman–Crippen LogP) is 5.00. The average Bonchev–Trinajstić information content (AvgIpc) is 3.41. The average molecular weight is 576 g/mol. The van der Waals surface area contributed by atoms with Gasteiger partial charge >= 0.3 is 0 Å². The van der Waals surface area contributed by atoms with E-state index in [1.165, 1.54) is 5.69 Å². The van der Waals surface area contributed by atoms with Crippen molar-refractivity contribution in [2.45, 2.75) is 32.4 Å². The van der Waals surface area contributed by atoms with Gasteiger partial charge in [-0.1, -0.05) is 13.0 Å². The Morgan fingerprint density at radius 2 is 1.74 bits per heavy atom. The van der Waals surface area contributed by atoms with Crippen LogP contribution in [0.2, 0.25) is 0 Å².